The van der Waals surface area contributed by atoms with Crippen LogP contribution in [0.2, 0.25) is 0 Å². The first-order valence-corrected chi connectivity index (χ1v) is 4.56. The van der Waals surface area contributed by atoms with Crippen LogP contribution in [0.15, 0.2) is 24.5 Å². The quantitative estimate of drug-likeness (QED) is 0.735. The van der Waals surface area contributed by atoms with Crippen molar-refractivity contribution in [3.05, 3.63) is 30.1 Å². The van der Waals surface area contributed by atoms with Crippen molar-refractivity contribution >= 4 is 11.9 Å². The summed E-state index contributed by atoms with van der Waals surface area (Å²) in [6.07, 6.45) is 3.21. The number of amides is 1. The van der Waals surface area contributed by atoms with E-state index in [4.69, 9.17) is 5.11 Å². The van der Waals surface area contributed by atoms with Crippen molar-refractivity contribution in [1.82, 2.24) is 9.88 Å². The lowest BCUT2D eigenvalue weighted by Gasteiger charge is -2.18. The second-order valence-electron chi connectivity index (χ2n) is 2.98. The molecule has 0 saturated heterocycles. The van der Waals surface area contributed by atoms with E-state index in [1.165, 1.54) is 4.90 Å². The van der Waals surface area contributed by atoms with Gasteiger partial charge in [-0.05, 0) is 24.6 Å². The second-order valence-corrected chi connectivity index (χ2v) is 2.98. The number of hydrogen-bond donors (Lipinski definition) is 1. The predicted octanol–water partition coefficient (Wildman–Crippen LogP) is 0.515. The molecule has 0 spiro atoms. The summed E-state index contributed by atoms with van der Waals surface area (Å²) < 4.78 is 0. The first kappa shape index (κ1) is 11.2. The number of carboxylic acid groups (broad SMARTS) is 1. The molecule has 0 aliphatic carbocycles. The van der Waals surface area contributed by atoms with Gasteiger partial charge < -0.3 is 10.0 Å². The van der Waals surface area contributed by atoms with E-state index in [1.807, 2.05) is 0 Å². The fourth-order valence-electron chi connectivity index (χ4n) is 1.17. The van der Waals surface area contributed by atoms with Gasteiger partial charge in [0, 0.05) is 25.5 Å². The van der Waals surface area contributed by atoms with Gasteiger partial charge >= 0.3 is 11.9 Å². The van der Waals surface area contributed by atoms with Gasteiger partial charge in [-0.3, -0.25) is 9.78 Å². The standard InChI is InChI=1S/C10H12N2O3/c1-2-12(9(13)10(14)15)7-8-3-5-11-6-4-8/h3-6H,2,7H2,1H3,(H,14,15). The Morgan fingerprint density at radius 1 is 1.40 bits per heavy atom. The van der Waals surface area contributed by atoms with Crippen molar-refractivity contribution in [2.24, 2.45) is 0 Å². The average molecular weight is 208 g/mol. The zero-order valence-corrected chi connectivity index (χ0v) is 8.38. The number of aromatic nitrogens is 1. The summed E-state index contributed by atoms with van der Waals surface area (Å²) in [6, 6.07) is 3.50. The second kappa shape index (κ2) is 5.09. The van der Waals surface area contributed by atoms with E-state index in [9.17, 15) is 9.59 Å². The summed E-state index contributed by atoms with van der Waals surface area (Å²) in [5, 5.41) is 8.56. The van der Waals surface area contributed by atoms with Crippen LogP contribution in [0.25, 0.3) is 0 Å². The fourth-order valence-corrected chi connectivity index (χ4v) is 1.17. The van der Waals surface area contributed by atoms with E-state index in [0.717, 1.165) is 5.56 Å². The summed E-state index contributed by atoms with van der Waals surface area (Å²) in [4.78, 5) is 26.8. The molecule has 0 saturated carbocycles. The Hall–Kier alpha value is -1.91. The maximum Gasteiger partial charge on any atom is 0.394 e. The van der Waals surface area contributed by atoms with Crippen molar-refractivity contribution in [3.8, 4) is 0 Å². The van der Waals surface area contributed by atoms with Crippen LogP contribution < -0.4 is 0 Å². The molecule has 1 aromatic heterocycles. The molecule has 0 aliphatic rings. The molecule has 15 heavy (non-hydrogen) atoms. The number of rotatable bonds is 3. The highest BCUT2D eigenvalue weighted by molar-refractivity contribution is 6.31. The molecule has 0 radical (unpaired) electrons. The first-order chi connectivity index (χ1) is 7.15. The zero-order valence-electron chi connectivity index (χ0n) is 8.38. The lowest BCUT2D eigenvalue weighted by atomic mass is 10.2. The van der Waals surface area contributed by atoms with Gasteiger partial charge in [0.25, 0.3) is 0 Å². The minimum atomic E-state index is -1.43. The van der Waals surface area contributed by atoms with E-state index in [-0.39, 0.29) is 0 Å². The molecule has 0 aliphatic heterocycles. The Labute approximate surface area is 87.4 Å². The summed E-state index contributed by atoms with van der Waals surface area (Å²) in [7, 11) is 0. The lowest BCUT2D eigenvalue weighted by Crippen LogP contribution is -2.35. The Kier molecular flexibility index (Phi) is 3.79. The van der Waals surface area contributed by atoms with Gasteiger partial charge in [-0.25, -0.2) is 4.79 Å². The van der Waals surface area contributed by atoms with Crippen LogP contribution in [-0.4, -0.2) is 33.4 Å². The Balaban J connectivity index is 2.70. The van der Waals surface area contributed by atoms with E-state index in [1.54, 1.807) is 31.5 Å². The van der Waals surface area contributed by atoms with Crippen LogP contribution >= 0.6 is 0 Å². The monoisotopic (exact) mass is 208 g/mol. The number of carbonyl (C=O) groups is 2. The van der Waals surface area contributed by atoms with Crippen molar-refractivity contribution in [2.75, 3.05) is 6.54 Å². The largest absolute Gasteiger partial charge is 0.474 e. The van der Waals surface area contributed by atoms with Crippen LogP contribution in [-0.2, 0) is 16.1 Å². The van der Waals surface area contributed by atoms with Gasteiger partial charge in [0.05, 0.1) is 0 Å². The van der Waals surface area contributed by atoms with E-state index < -0.39 is 11.9 Å². The smallest absolute Gasteiger partial charge is 0.394 e. The minimum absolute atomic E-state index is 0.296. The molecular formula is C10H12N2O3. The number of hydrogen-bond acceptors (Lipinski definition) is 3. The molecule has 1 N–H and O–H groups in total. The van der Waals surface area contributed by atoms with Crippen molar-refractivity contribution in [3.63, 3.8) is 0 Å². The SMILES string of the molecule is CCN(Cc1ccncc1)C(=O)C(=O)O. The predicted molar refractivity (Wildman–Crippen MR) is 53.0 cm³/mol. The van der Waals surface area contributed by atoms with Crippen LogP contribution in [0.5, 0.6) is 0 Å². The summed E-state index contributed by atoms with van der Waals surface area (Å²) in [6.45, 7) is 2.40. The third-order valence-corrected chi connectivity index (χ3v) is 1.97. The normalized spacial score (nSPS) is 9.67. The van der Waals surface area contributed by atoms with Crippen LogP contribution in [0, 0.1) is 0 Å². The molecule has 1 aromatic rings. The highest BCUT2D eigenvalue weighted by Gasteiger charge is 2.19. The number of nitrogens with zero attached hydrogens (tertiary/aromatic N) is 2. The maximum atomic E-state index is 11.2. The molecule has 0 atom stereocenters. The Bertz CT molecular complexity index is 351. The van der Waals surface area contributed by atoms with Gasteiger partial charge in [0.1, 0.15) is 0 Å². The first-order valence-electron chi connectivity index (χ1n) is 4.56. The lowest BCUT2D eigenvalue weighted by molar-refractivity contribution is -0.156. The van der Waals surface area contributed by atoms with Gasteiger partial charge in [-0.2, -0.15) is 0 Å². The van der Waals surface area contributed by atoms with Crippen LogP contribution in [0.3, 0.4) is 0 Å². The average Bonchev–Trinajstić information content (AvgIpc) is 2.26. The Morgan fingerprint density at radius 3 is 2.47 bits per heavy atom. The molecule has 1 amide bonds. The van der Waals surface area contributed by atoms with Crippen LogP contribution in [0.1, 0.15) is 12.5 Å². The van der Waals surface area contributed by atoms with Crippen molar-refractivity contribution in [1.29, 1.82) is 0 Å². The number of likely N-dealkylation sites (N-methyl/N-ethyl adjacent to an activating group) is 1. The molecule has 1 heterocycles. The number of carboxylic acids is 1. The molecule has 0 fully saturated rings. The van der Waals surface area contributed by atoms with E-state index in [2.05, 4.69) is 4.98 Å². The highest BCUT2D eigenvalue weighted by atomic mass is 16.4. The van der Waals surface area contributed by atoms with Gasteiger partial charge in [-0.15, -0.1) is 0 Å². The maximum absolute atomic E-state index is 11.2. The number of carbonyl (C=O) groups excluding carboxylic acids is 1. The third kappa shape index (κ3) is 3.05. The van der Waals surface area contributed by atoms with Crippen molar-refractivity contribution < 1.29 is 14.7 Å². The van der Waals surface area contributed by atoms with E-state index >= 15 is 0 Å². The van der Waals surface area contributed by atoms with Gasteiger partial charge in [-0.1, -0.05) is 0 Å². The molecule has 5 nitrogen and oxygen atoms in total. The highest BCUT2D eigenvalue weighted by Crippen LogP contribution is 2.03. The third-order valence-electron chi connectivity index (χ3n) is 1.97. The van der Waals surface area contributed by atoms with E-state index in [0.29, 0.717) is 13.1 Å². The topological polar surface area (TPSA) is 70.5 Å². The summed E-state index contributed by atoms with van der Waals surface area (Å²) in [5.74, 6) is -2.31. The number of aliphatic carboxylic acids is 1. The Morgan fingerprint density at radius 2 is 2.00 bits per heavy atom. The molecule has 80 valence electrons. The molecular weight excluding hydrogens is 196 g/mol. The molecule has 1 rings (SSSR count). The summed E-state index contributed by atoms with van der Waals surface area (Å²) >= 11 is 0. The fraction of sp³-hybridized carbons (Fsp3) is 0.300. The van der Waals surface area contributed by atoms with Gasteiger partial charge in [0.15, 0.2) is 0 Å². The molecule has 0 aromatic carbocycles. The van der Waals surface area contributed by atoms with Crippen LogP contribution in [0.4, 0.5) is 0 Å². The minimum Gasteiger partial charge on any atom is -0.474 e. The molecule has 0 bridgehead atoms. The van der Waals surface area contributed by atoms with Gasteiger partial charge in [0.2, 0.25) is 0 Å². The number of pyridine rings is 1. The molecule has 0 unspecified atom stereocenters. The molecule has 5 heteroatoms. The zero-order chi connectivity index (χ0) is 11.3. The summed E-state index contributed by atoms with van der Waals surface area (Å²) in [5.41, 5.74) is 0.862. The van der Waals surface area contributed by atoms with Crippen molar-refractivity contribution in [2.45, 2.75) is 13.5 Å².